The lowest BCUT2D eigenvalue weighted by Crippen LogP contribution is -2.44. The van der Waals surface area contributed by atoms with Crippen LogP contribution in [0.5, 0.6) is 5.75 Å². The molecule has 0 saturated heterocycles. The first-order valence-electron chi connectivity index (χ1n) is 6.93. The first kappa shape index (κ1) is 16.4. The van der Waals surface area contributed by atoms with Crippen molar-refractivity contribution in [2.45, 2.75) is 39.2 Å². The summed E-state index contributed by atoms with van der Waals surface area (Å²) in [6, 6.07) is 3.63. The summed E-state index contributed by atoms with van der Waals surface area (Å²) in [7, 11) is 0. The van der Waals surface area contributed by atoms with E-state index in [1.165, 1.54) is 0 Å². The minimum Gasteiger partial charge on any atom is -0.492 e. The monoisotopic (exact) mass is 280 g/mol. The number of amides is 1. The zero-order valence-electron chi connectivity index (χ0n) is 12.4. The fourth-order valence-corrected chi connectivity index (χ4v) is 1.43. The highest BCUT2D eigenvalue weighted by molar-refractivity contribution is 5.75. The zero-order chi connectivity index (χ0) is 15.0. The fraction of sp³-hybridized carbons (Fsp3) is 0.600. The Hall–Kier alpha value is -1.62. The SMILES string of the molecule is CC(C)C(C)(O)CNC(=O)CCCOc1cccnc1. The predicted molar refractivity (Wildman–Crippen MR) is 77.4 cm³/mol. The molecule has 0 spiro atoms. The number of rotatable bonds is 8. The summed E-state index contributed by atoms with van der Waals surface area (Å²) in [5, 5.41) is 12.8. The minimum atomic E-state index is -0.873. The second-order valence-corrected chi connectivity index (χ2v) is 5.43. The molecule has 2 N–H and O–H groups in total. The Morgan fingerprint density at radius 1 is 1.55 bits per heavy atom. The molecule has 0 aliphatic rings. The van der Waals surface area contributed by atoms with Crippen molar-refractivity contribution in [3.05, 3.63) is 24.5 Å². The topological polar surface area (TPSA) is 71.5 Å². The van der Waals surface area contributed by atoms with E-state index >= 15 is 0 Å². The van der Waals surface area contributed by atoms with Gasteiger partial charge in [0.15, 0.2) is 0 Å². The van der Waals surface area contributed by atoms with Crippen molar-refractivity contribution in [2.24, 2.45) is 5.92 Å². The van der Waals surface area contributed by atoms with Crippen LogP contribution < -0.4 is 10.1 Å². The van der Waals surface area contributed by atoms with Crippen LogP contribution in [0.4, 0.5) is 0 Å². The smallest absolute Gasteiger partial charge is 0.220 e. The third-order valence-corrected chi connectivity index (χ3v) is 3.34. The molecule has 1 aromatic heterocycles. The van der Waals surface area contributed by atoms with Crippen LogP contribution >= 0.6 is 0 Å². The third kappa shape index (κ3) is 6.02. The van der Waals surface area contributed by atoms with Crippen molar-refractivity contribution in [3.63, 3.8) is 0 Å². The average Bonchev–Trinajstić information content (AvgIpc) is 2.42. The van der Waals surface area contributed by atoms with Crippen molar-refractivity contribution in [1.82, 2.24) is 10.3 Å². The van der Waals surface area contributed by atoms with E-state index in [-0.39, 0.29) is 18.4 Å². The average molecular weight is 280 g/mol. The van der Waals surface area contributed by atoms with Gasteiger partial charge in [-0.3, -0.25) is 9.78 Å². The van der Waals surface area contributed by atoms with Gasteiger partial charge in [-0.05, 0) is 31.4 Å². The van der Waals surface area contributed by atoms with Crippen LogP contribution in [0.2, 0.25) is 0 Å². The zero-order valence-corrected chi connectivity index (χ0v) is 12.4. The summed E-state index contributed by atoms with van der Waals surface area (Å²) in [5.74, 6) is 0.730. The maximum absolute atomic E-state index is 11.6. The molecule has 1 atom stereocenters. The first-order valence-corrected chi connectivity index (χ1v) is 6.93. The van der Waals surface area contributed by atoms with Gasteiger partial charge < -0.3 is 15.2 Å². The second-order valence-electron chi connectivity index (χ2n) is 5.43. The molecule has 0 saturated carbocycles. The molecule has 0 fully saturated rings. The number of nitrogens with one attached hydrogen (secondary N) is 1. The van der Waals surface area contributed by atoms with Crippen molar-refractivity contribution in [3.8, 4) is 5.75 Å². The van der Waals surface area contributed by atoms with E-state index in [4.69, 9.17) is 4.74 Å². The van der Waals surface area contributed by atoms with Crippen LogP contribution in [0.25, 0.3) is 0 Å². The Kier molecular flexibility index (Phi) is 6.45. The van der Waals surface area contributed by atoms with E-state index < -0.39 is 5.60 Å². The van der Waals surface area contributed by atoms with E-state index in [2.05, 4.69) is 10.3 Å². The number of aliphatic hydroxyl groups is 1. The largest absolute Gasteiger partial charge is 0.492 e. The Bertz CT molecular complexity index is 405. The maximum atomic E-state index is 11.6. The standard InChI is InChI=1S/C15H24N2O3/c1-12(2)15(3,19)11-17-14(18)7-5-9-20-13-6-4-8-16-10-13/h4,6,8,10,12,19H,5,7,9,11H2,1-3H3,(H,17,18). The molecular weight excluding hydrogens is 256 g/mol. The quantitative estimate of drug-likeness (QED) is 0.712. The maximum Gasteiger partial charge on any atom is 0.220 e. The Morgan fingerprint density at radius 2 is 2.30 bits per heavy atom. The van der Waals surface area contributed by atoms with Gasteiger partial charge in [-0.1, -0.05) is 13.8 Å². The molecule has 112 valence electrons. The summed E-state index contributed by atoms with van der Waals surface area (Å²) in [4.78, 5) is 15.6. The van der Waals surface area contributed by atoms with Crippen LogP contribution in [-0.2, 0) is 4.79 Å². The van der Waals surface area contributed by atoms with Crippen LogP contribution in [0, 0.1) is 5.92 Å². The van der Waals surface area contributed by atoms with E-state index in [0.717, 1.165) is 0 Å². The summed E-state index contributed by atoms with van der Waals surface area (Å²) >= 11 is 0. The molecule has 1 unspecified atom stereocenters. The van der Waals surface area contributed by atoms with E-state index in [0.29, 0.717) is 25.2 Å². The number of hydrogen-bond acceptors (Lipinski definition) is 4. The van der Waals surface area contributed by atoms with E-state index in [1.807, 2.05) is 19.9 Å². The summed E-state index contributed by atoms with van der Waals surface area (Å²) < 4.78 is 5.45. The molecule has 0 aromatic carbocycles. The second kappa shape index (κ2) is 7.85. The van der Waals surface area contributed by atoms with Gasteiger partial charge in [0.1, 0.15) is 5.75 Å². The van der Waals surface area contributed by atoms with Gasteiger partial charge >= 0.3 is 0 Å². The normalized spacial score (nSPS) is 13.8. The molecule has 0 aliphatic heterocycles. The molecule has 5 heteroatoms. The number of hydrogen-bond donors (Lipinski definition) is 2. The van der Waals surface area contributed by atoms with Crippen LogP contribution in [0.15, 0.2) is 24.5 Å². The lowest BCUT2D eigenvalue weighted by molar-refractivity contribution is -0.122. The van der Waals surface area contributed by atoms with Gasteiger partial charge in [-0.15, -0.1) is 0 Å². The van der Waals surface area contributed by atoms with Gasteiger partial charge in [-0.2, -0.15) is 0 Å². The van der Waals surface area contributed by atoms with Crippen LogP contribution in [0.1, 0.15) is 33.6 Å². The molecule has 5 nitrogen and oxygen atoms in total. The summed E-state index contributed by atoms with van der Waals surface area (Å²) in [6.45, 7) is 6.32. The van der Waals surface area contributed by atoms with Crippen molar-refractivity contribution < 1.29 is 14.6 Å². The molecule has 1 aromatic rings. The van der Waals surface area contributed by atoms with Crippen molar-refractivity contribution in [2.75, 3.05) is 13.2 Å². The predicted octanol–water partition coefficient (Wildman–Crippen LogP) is 1.76. The van der Waals surface area contributed by atoms with Crippen molar-refractivity contribution >= 4 is 5.91 Å². The Balaban J connectivity index is 2.15. The van der Waals surface area contributed by atoms with Gasteiger partial charge in [-0.25, -0.2) is 0 Å². The number of nitrogens with zero attached hydrogens (tertiary/aromatic N) is 1. The molecule has 1 rings (SSSR count). The van der Waals surface area contributed by atoms with Gasteiger partial charge in [0.25, 0.3) is 0 Å². The molecule has 1 amide bonds. The number of carbonyl (C=O) groups excluding carboxylic acids is 1. The molecule has 0 aliphatic carbocycles. The Morgan fingerprint density at radius 3 is 2.90 bits per heavy atom. The fourth-order valence-electron chi connectivity index (χ4n) is 1.43. The highest BCUT2D eigenvalue weighted by atomic mass is 16.5. The highest BCUT2D eigenvalue weighted by Gasteiger charge is 2.25. The third-order valence-electron chi connectivity index (χ3n) is 3.34. The number of ether oxygens (including phenoxy) is 1. The highest BCUT2D eigenvalue weighted by Crippen LogP contribution is 2.14. The summed E-state index contributed by atoms with van der Waals surface area (Å²) in [6.07, 6.45) is 4.33. The van der Waals surface area contributed by atoms with Crippen LogP contribution in [-0.4, -0.2) is 34.8 Å². The number of pyridine rings is 1. The lowest BCUT2D eigenvalue weighted by Gasteiger charge is -2.27. The van der Waals surface area contributed by atoms with Gasteiger partial charge in [0, 0.05) is 19.2 Å². The molecule has 1 heterocycles. The first-order chi connectivity index (χ1) is 9.42. The van der Waals surface area contributed by atoms with Crippen molar-refractivity contribution in [1.29, 1.82) is 0 Å². The minimum absolute atomic E-state index is 0.0688. The lowest BCUT2D eigenvalue weighted by atomic mass is 9.92. The summed E-state index contributed by atoms with van der Waals surface area (Å²) in [5.41, 5.74) is -0.873. The Labute approximate surface area is 120 Å². The molecular formula is C15H24N2O3. The molecule has 0 radical (unpaired) electrons. The van der Waals surface area contributed by atoms with E-state index in [9.17, 15) is 9.90 Å². The van der Waals surface area contributed by atoms with Gasteiger partial charge in [0.2, 0.25) is 5.91 Å². The van der Waals surface area contributed by atoms with E-state index in [1.54, 1.807) is 25.4 Å². The molecule has 20 heavy (non-hydrogen) atoms. The van der Waals surface area contributed by atoms with Crippen LogP contribution in [0.3, 0.4) is 0 Å². The number of aromatic nitrogens is 1. The molecule has 0 bridgehead atoms. The van der Waals surface area contributed by atoms with Gasteiger partial charge in [0.05, 0.1) is 18.4 Å². The number of carbonyl (C=O) groups is 1.